The lowest BCUT2D eigenvalue weighted by Gasteiger charge is -2.14. The fraction of sp³-hybridized carbons (Fsp3) is 0.130. The summed E-state index contributed by atoms with van der Waals surface area (Å²) >= 11 is 13.7. The highest BCUT2D eigenvalue weighted by molar-refractivity contribution is 8.00. The molecule has 0 aliphatic rings. The standard InChI is InChI=1S/C23H19Cl2N5OS/c1-15(22(31)27-13-16-6-3-2-4-7-16)32-23-29-28-21(17-8-5-11-26-14-17)30(23)18-9-10-19(24)20(25)12-18/h2-12,14-15H,13H2,1H3,(H,27,31). The third kappa shape index (κ3) is 5.12. The molecule has 0 fully saturated rings. The van der Waals surface area contributed by atoms with Gasteiger partial charge in [0.2, 0.25) is 5.91 Å². The highest BCUT2D eigenvalue weighted by atomic mass is 35.5. The van der Waals surface area contributed by atoms with Gasteiger partial charge < -0.3 is 5.32 Å². The van der Waals surface area contributed by atoms with Crippen LogP contribution >= 0.6 is 35.0 Å². The van der Waals surface area contributed by atoms with Crippen LogP contribution in [0.5, 0.6) is 0 Å². The number of hydrogen-bond acceptors (Lipinski definition) is 5. The molecule has 1 atom stereocenters. The highest BCUT2D eigenvalue weighted by Crippen LogP contribution is 2.32. The fourth-order valence-corrected chi connectivity index (χ4v) is 4.21. The van der Waals surface area contributed by atoms with Crippen molar-refractivity contribution in [3.63, 3.8) is 0 Å². The molecule has 0 radical (unpaired) electrons. The summed E-state index contributed by atoms with van der Waals surface area (Å²) in [4.78, 5) is 16.9. The van der Waals surface area contributed by atoms with Crippen molar-refractivity contribution in [1.29, 1.82) is 0 Å². The van der Waals surface area contributed by atoms with Crippen LogP contribution in [0.1, 0.15) is 12.5 Å². The van der Waals surface area contributed by atoms with Crippen LogP contribution in [0.25, 0.3) is 17.1 Å². The van der Waals surface area contributed by atoms with E-state index in [0.717, 1.165) is 16.8 Å². The van der Waals surface area contributed by atoms with Crippen molar-refractivity contribution in [3.8, 4) is 17.1 Å². The van der Waals surface area contributed by atoms with Gasteiger partial charge in [-0.1, -0.05) is 65.3 Å². The largest absolute Gasteiger partial charge is 0.351 e. The summed E-state index contributed by atoms with van der Waals surface area (Å²) in [6.45, 7) is 2.30. The average molecular weight is 484 g/mol. The van der Waals surface area contributed by atoms with E-state index < -0.39 is 5.25 Å². The first-order valence-electron chi connectivity index (χ1n) is 9.82. The number of carbonyl (C=O) groups excluding carboxylic acids is 1. The van der Waals surface area contributed by atoms with Crippen molar-refractivity contribution in [1.82, 2.24) is 25.1 Å². The molecule has 0 spiro atoms. The Kier molecular flexibility index (Phi) is 7.09. The van der Waals surface area contributed by atoms with Crippen LogP contribution in [0.2, 0.25) is 10.0 Å². The Bertz CT molecular complexity index is 1220. The van der Waals surface area contributed by atoms with Crippen LogP contribution < -0.4 is 5.32 Å². The van der Waals surface area contributed by atoms with Gasteiger partial charge in [-0.3, -0.25) is 14.3 Å². The van der Waals surface area contributed by atoms with Gasteiger partial charge in [0.25, 0.3) is 0 Å². The molecule has 1 amide bonds. The number of thioether (sulfide) groups is 1. The summed E-state index contributed by atoms with van der Waals surface area (Å²) in [5, 5.41) is 12.7. The molecule has 0 bridgehead atoms. The Hall–Kier alpha value is -2.87. The molecular formula is C23H19Cl2N5OS. The van der Waals surface area contributed by atoms with Crippen LogP contribution in [0.4, 0.5) is 0 Å². The van der Waals surface area contributed by atoms with Crippen molar-refractivity contribution >= 4 is 40.9 Å². The van der Waals surface area contributed by atoms with Crippen molar-refractivity contribution in [2.24, 2.45) is 0 Å². The molecule has 0 aliphatic heterocycles. The lowest BCUT2D eigenvalue weighted by Crippen LogP contribution is -2.30. The SMILES string of the molecule is CC(Sc1nnc(-c2cccnc2)n1-c1ccc(Cl)c(Cl)c1)C(=O)NCc1ccccc1. The smallest absolute Gasteiger partial charge is 0.233 e. The Labute approximate surface area is 200 Å². The zero-order valence-corrected chi connectivity index (χ0v) is 19.4. The van der Waals surface area contributed by atoms with E-state index in [4.69, 9.17) is 23.2 Å². The number of benzene rings is 2. The highest BCUT2D eigenvalue weighted by Gasteiger charge is 2.22. The number of halogens is 2. The molecule has 162 valence electrons. The first kappa shape index (κ1) is 22.3. The molecule has 0 saturated heterocycles. The predicted octanol–water partition coefficient (Wildman–Crippen LogP) is 5.43. The first-order valence-corrected chi connectivity index (χ1v) is 11.5. The van der Waals surface area contributed by atoms with E-state index in [1.807, 2.05) is 60.0 Å². The fourth-order valence-electron chi connectivity index (χ4n) is 3.03. The number of nitrogens with one attached hydrogen (secondary N) is 1. The summed E-state index contributed by atoms with van der Waals surface area (Å²) in [6.07, 6.45) is 3.40. The number of nitrogens with zero attached hydrogens (tertiary/aromatic N) is 4. The summed E-state index contributed by atoms with van der Waals surface area (Å²) < 4.78 is 1.85. The number of carbonyl (C=O) groups is 1. The second-order valence-electron chi connectivity index (χ2n) is 6.95. The van der Waals surface area contributed by atoms with Gasteiger partial charge in [0.05, 0.1) is 21.0 Å². The van der Waals surface area contributed by atoms with E-state index in [9.17, 15) is 4.79 Å². The van der Waals surface area contributed by atoms with E-state index >= 15 is 0 Å². The lowest BCUT2D eigenvalue weighted by atomic mass is 10.2. The van der Waals surface area contributed by atoms with Crippen LogP contribution in [-0.4, -0.2) is 30.9 Å². The van der Waals surface area contributed by atoms with E-state index in [2.05, 4.69) is 20.5 Å². The molecule has 4 aromatic rings. The van der Waals surface area contributed by atoms with Crippen LogP contribution in [0.3, 0.4) is 0 Å². The minimum absolute atomic E-state index is 0.0922. The molecule has 9 heteroatoms. The number of hydrogen-bond donors (Lipinski definition) is 1. The maximum absolute atomic E-state index is 12.7. The molecule has 2 aromatic heterocycles. The van der Waals surface area contributed by atoms with Gasteiger partial charge in [-0.15, -0.1) is 10.2 Å². The summed E-state index contributed by atoms with van der Waals surface area (Å²) in [6, 6.07) is 18.8. The zero-order valence-electron chi connectivity index (χ0n) is 17.1. The van der Waals surface area contributed by atoms with E-state index in [1.165, 1.54) is 11.8 Å². The molecule has 4 rings (SSSR count). The van der Waals surface area contributed by atoms with Gasteiger partial charge in [0.1, 0.15) is 0 Å². The molecule has 1 unspecified atom stereocenters. The summed E-state index contributed by atoms with van der Waals surface area (Å²) in [5.74, 6) is 0.501. The predicted molar refractivity (Wildman–Crippen MR) is 128 cm³/mol. The van der Waals surface area contributed by atoms with Crippen molar-refractivity contribution < 1.29 is 4.79 Å². The average Bonchev–Trinajstić information content (AvgIpc) is 3.24. The molecule has 2 aromatic carbocycles. The van der Waals surface area contributed by atoms with Gasteiger partial charge in [0, 0.05) is 24.5 Å². The number of rotatable bonds is 7. The Morgan fingerprint density at radius 3 is 2.59 bits per heavy atom. The van der Waals surface area contributed by atoms with E-state index in [-0.39, 0.29) is 5.91 Å². The van der Waals surface area contributed by atoms with Crippen molar-refractivity contribution in [2.75, 3.05) is 0 Å². The monoisotopic (exact) mass is 483 g/mol. The topological polar surface area (TPSA) is 72.7 Å². The first-order chi connectivity index (χ1) is 15.5. The molecular weight excluding hydrogens is 465 g/mol. The van der Waals surface area contributed by atoms with Crippen LogP contribution in [0.15, 0.2) is 78.2 Å². The van der Waals surface area contributed by atoms with Gasteiger partial charge in [0.15, 0.2) is 11.0 Å². The van der Waals surface area contributed by atoms with Gasteiger partial charge in [-0.05, 0) is 42.8 Å². The molecule has 2 heterocycles. The third-order valence-corrected chi connectivity index (χ3v) is 6.46. The van der Waals surface area contributed by atoms with Crippen molar-refractivity contribution in [2.45, 2.75) is 23.9 Å². The maximum atomic E-state index is 12.7. The lowest BCUT2D eigenvalue weighted by molar-refractivity contribution is -0.120. The van der Waals surface area contributed by atoms with Crippen LogP contribution in [0, 0.1) is 0 Å². The third-order valence-electron chi connectivity index (χ3n) is 4.68. The molecule has 6 nitrogen and oxygen atoms in total. The van der Waals surface area contributed by atoms with E-state index in [1.54, 1.807) is 24.5 Å². The molecule has 32 heavy (non-hydrogen) atoms. The minimum atomic E-state index is -0.397. The Morgan fingerprint density at radius 2 is 1.88 bits per heavy atom. The summed E-state index contributed by atoms with van der Waals surface area (Å²) in [7, 11) is 0. The van der Waals surface area contributed by atoms with Crippen molar-refractivity contribution in [3.05, 3.63) is 88.7 Å². The summed E-state index contributed by atoms with van der Waals surface area (Å²) in [5.41, 5.74) is 2.57. The van der Waals surface area contributed by atoms with Crippen LogP contribution in [-0.2, 0) is 11.3 Å². The molecule has 0 aliphatic carbocycles. The number of aromatic nitrogens is 4. The number of pyridine rings is 1. The zero-order chi connectivity index (χ0) is 22.5. The number of amides is 1. The molecule has 1 N–H and O–H groups in total. The Morgan fingerprint density at radius 1 is 1.06 bits per heavy atom. The minimum Gasteiger partial charge on any atom is -0.351 e. The van der Waals surface area contributed by atoms with Gasteiger partial charge in [-0.25, -0.2) is 0 Å². The van der Waals surface area contributed by atoms with Gasteiger partial charge in [-0.2, -0.15) is 0 Å². The molecule has 0 saturated carbocycles. The normalized spacial score (nSPS) is 11.8. The Balaban J connectivity index is 1.61. The maximum Gasteiger partial charge on any atom is 0.233 e. The van der Waals surface area contributed by atoms with Gasteiger partial charge >= 0.3 is 0 Å². The van der Waals surface area contributed by atoms with E-state index in [0.29, 0.717) is 27.6 Å². The second-order valence-corrected chi connectivity index (χ2v) is 9.07. The second kappa shape index (κ2) is 10.2. The quantitative estimate of drug-likeness (QED) is 0.354.